The van der Waals surface area contributed by atoms with Gasteiger partial charge in [-0.25, -0.2) is 17.7 Å². The highest BCUT2D eigenvalue weighted by atomic mass is 32.2. The van der Waals surface area contributed by atoms with Crippen LogP contribution in [0, 0.1) is 11.3 Å². The lowest BCUT2D eigenvalue weighted by molar-refractivity contribution is -0.148. The molecular formula is C13H20N4O4S. The van der Waals surface area contributed by atoms with Gasteiger partial charge < -0.3 is 10.1 Å². The van der Waals surface area contributed by atoms with Crippen LogP contribution in [0.25, 0.3) is 0 Å². The number of aromatic nitrogens is 2. The first kappa shape index (κ1) is 15.4. The second-order valence-corrected chi connectivity index (χ2v) is 8.31. The van der Waals surface area contributed by atoms with Crippen molar-refractivity contribution >= 4 is 16.0 Å². The molecule has 0 aromatic carbocycles. The number of carbonyl (C=O) groups is 1. The highest BCUT2D eigenvalue weighted by Crippen LogP contribution is 2.44. The molecule has 0 unspecified atom stereocenters. The minimum Gasteiger partial charge on any atom is -0.481 e. The number of H-pyrrole nitrogens is 1. The summed E-state index contributed by atoms with van der Waals surface area (Å²) >= 11 is 0. The first-order chi connectivity index (χ1) is 10.4. The van der Waals surface area contributed by atoms with E-state index in [1.165, 1.54) is 4.31 Å². The van der Waals surface area contributed by atoms with Crippen LogP contribution in [0.15, 0.2) is 12.4 Å². The first-order valence-corrected chi connectivity index (χ1v) is 8.90. The highest BCUT2D eigenvalue weighted by Gasteiger charge is 2.59. The third kappa shape index (κ3) is 2.42. The summed E-state index contributed by atoms with van der Waals surface area (Å²) in [7, 11) is -3.35. The van der Waals surface area contributed by atoms with Crippen LogP contribution in [0.5, 0.6) is 0 Å². The van der Waals surface area contributed by atoms with Crippen molar-refractivity contribution in [3.8, 4) is 0 Å². The van der Waals surface area contributed by atoms with Crippen molar-refractivity contribution in [3.63, 3.8) is 0 Å². The zero-order chi connectivity index (χ0) is 16.0. The van der Waals surface area contributed by atoms with Gasteiger partial charge in [-0.15, -0.1) is 0 Å². The van der Waals surface area contributed by atoms with E-state index >= 15 is 0 Å². The summed E-state index contributed by atoms with van der Waals surface area (Å²) in [6.07, 6.45) is 3.39. The Kier molecular flexibility index (Phi) is 3.74. The number of carboxylic acids is 1. The predicted octanol–water partition coefficient (Wildman–Crippen LogP) is -0.422. The molecule has 0 spiro atoms. The summed E-state index contributed by atoms with van der Waals surface area (Å²) in [5.41, 5.74) is -1.01. The van der Waals surface area contributed by atoms with E-state index in [0.717, 1.165) is 5.82 Å². The SMILES string of the molecule is CCS(=O)(=O)N1C[C@@H]2CN(Cc3ncc[nH]3)C[C@]2(C(=O)O)C1. The molecule has 0 amide bonds. The molecule has 2 atom stereocenters. The van der Waals surface area contributed by atoms with E-state index in [0.29, 0.717) is 19.6 Å². The smallest absolute Gasteiger partial charge is 0.312 e. The minimum absolute atomic E-state index is 0.00548. The number of fused-ring (bicyclic) bond motifs is 1. The zero-order valence-corrected chi connectivity index (χ0v) is 13.2. The number of sulfonamides is 1. The van der Waals surface area contributed by atoms with Crippen molar-refractivity contribution in [1.82, 2.24) is 19.2 Å². The number of rotatable bonds is 5. The molecular weight excluding hydrogens is 308 g/mol. The van der Waals surface area contributed by atoms with Gasteiger partial charge in [0.25, 0.3) is 0 Å². The molecule has 2 saturated heterocycles. The largest absolute Gasteiger partial charge is 0.481 e. The molecule has 2 aliphatic rings. The van der Waals surface area contributed by atoms with Gasteiger partial charge in [-0.1, -0.05) is 0 Å². The fraction of sp³-hybridized carbons (Fsp3) is 0.692. The molecule has 0 saturated carbocycles. The van der Waals surface area contributed by atoms with Crippen LogP contribution in [0.4, 0.5) is 0 Å². The Balaban J connectivity index is 1.78. The summed E-state index contributed by atoms with van der Waals surface area (Å²) in [5.74, 6) is -0.293. The number of carboxylic acid groups (broad SMARTS) is 1. The van der Waals surface area contributed by atoms with Gasteiger partial charge in [0.1, 0.15) is 5.82 Å². The van der Waals surface area contributed by atoms with E-state index < -0.39 is 21.4 Å². The molecule has 1 aromatic rings. The van der Waals surface area contributed by atoms with Gasteiger partial charge in [0, 0.05) is 44.5 Å². The number of likely N-dealkylation sites (tertiary alicyclic amines) is 1. The number of nitrogens with one attached hydrogen (secondary N) is 1. The summed E-state index contributed by atoms with van der Waals surface area (Å²) in [6.45, 7) is 3.42. The van der Waals surface area contributed by atoms with E-state index in [4.69, 9.17) is 0 Å². The van der Waals surface area contributed by atoms with Crippen LogP contribution < -0.4 is 0 Å². The standard InChI is InChI=1S/C13H20N4O4S/c1-2-22(20,21)17-6-10-5-16(7-11-14-3-4-15-11)8-13(10,9-17)12(18)19/h3-4,10H,2,5-9H2,1H3,(H,14,15)(H,18,19)/t10-,13-/m0/s1. The molecule has 2 N–H and O–H groups in total. The van der Waals surface area contributed by atoms with Crippen LogP contribution >= 0.6 is 0 Å². The quantitative estimate of drug-likeness (QED) is 0.760. The van der Waals surface area contributed by atoms with Gasteiger partial charge in [0.2, 0.25) is 10.0 Å². The Hall–Kier alpha value is -1.45. The molecule has 122 valence electrons. The van der Waals surface area contributed by atoms with Crippen LogP contribution in [0.3, 0.4) is 0 Å². The van der Waals surface area contributed by atoms with Gasteiger partial charge in [-0.05, 0) is 6.92 Å². The topological polar surface area (TPSA) is 107 Å². The van der Waals surface area contributed by atoms with Crippen LogP contribution in [-0.4, -0.2) is 70.6 Å². The number of nitrogens with zero attached hydrogens (tertiary/aromatic N) is 3. The number of hydrogen-bond acceptors (Lipinski definition) is 5. The molecule has 1 aromatic heterocycles. The molecule has 0 radical (unpaired) electrons. The lowest BCUT2D eigenvalue weighted by Gasteiger charge is -2.24. The second-order valence-electron chi connectivity index (χ2n) is 6.06. The molecule has 2 aliphatic heterocycles. The number of hydrogen-bond donors (Lipinski definition) is 2. The number of aromatic amines is 1. The lowest BCUT2D eigenvalue weighted by Crippen LogP contribution is -2.42. The van der Waals surface area contributed by atoms with Crippen molar-refractivity contribution in [1.29, 1.82) is 0 Å². The highest BCUT2D eigenvalue weighted by molar-refractivity contribution is 7.89. The van der Waals surface area contributed by atoms with E-state index in [1.807, 2.05) is 4.90 Å². The maximum absolute atomic E-state index is 12.0. The molecule has 2 fully saturated rings. The average Bonchev–Trinajstić information content (AvgIpc) is 3.13. The van der Waals surface area contributed by atoms with Crippen LogP contribution in [0.1, 0.15) is 12.7 Å². The predicted molar refractivity (Wildman–Crippen MR) is 78.5 cm³/mol. The summed E-state index contributed by atoms with van der Waals surface area (Å²) < 4.78 is 25.4. The lowest BCUT2D eigenvalue weighted by atomic mass is 9.81. The van der Waals surface area contributed by atoms with Crippen LogP contribution in [0.2, 0.25) is 0 Å². The Bertz CT molecular complexity index is 660. The fourth-order valence-corrected chi connectivity index (χ4v) is 4.74. The molecule has 3 rings (SSSR count). The number of imidazole rings is 1. The molecule has 0 aliphatic carbocycles. The van der Waals surface area contributed by atoms with Gasteiger partial charge in [-0.2, -0.15) is 0 Å². The third-order valence-electron chi connectivity index (χ3n) is 4.76. The van der Waals surface area contributed by atoms with E-state index in [9.17, 15) is 18.3 Å². The Morgan fingerprint density at radius 2 is 2.27 bits per heavy atom. The van der Waals surface area contributed by atoms with Crippen molar-refractivity contribution in [2.45, 2.75) is 13.5 Å². The summed E-state index contributed by atoms with van der Waals surface area (Å²) in [5, 5.41) is 9.70. The van der Waals surface area contributed by atoms with Crippen molar-refractivity contribution < 1.29 is 18.3 Å². The average molecular weight is 328 g/mol. The second kappa shape index (κ2) is 5.32. The Morgan fingerprint density at radius 1 is 1.50 bits per heavy atom. The molecule has 22 heavy (non-hydrogen) atoms. The molecule has 9 heteroatoms. The van der Waals surface area contributed by atoms with Crippen molar-refractivity contribution in [3.05, 3.63) is 18.2 Å². The van der Waals surface area contributed by atoms with Gasteiger partial charge in [0.15, 0.2) is 0 Å². The van der Waals surface area contributed by atoms with Gasteiger partial charge in [-0.3, -0.25) is 9.69 Å². The molecule has 3 heterocycles. The first-order valence-electron chi connectivity index (χ1n) is 7.29. The van der Waals surface area contributed by atoms with Crippen molar-refractivity contribution in [2.24, 2.45) is 11.3 Å². The summed E-state index contributed by atoms with van der Waals surface area (Å²) in [4.78, 5) is 21.0. The normalized spacial score (nSPS) is 29.8. The van der Waals surface area contributed by atoms with E-state index in [2.05, 4.69) is 9.97 Å². The van der Waals surface area contributed by atoms with Gasteiger partial charge in [0.05, 0.1) is 17.7 Å². The summed E-state index contributed by atoms with van der Waals surface area (Å²) in [6, 6.07) is 0. The van der Waals surface area contributed by atoms with E-state index in [1.54, 1.807) is 19.3 Å². The monoisotopic (exact) mass is 328 g/mol. The Morgan fingerprint density at radius 3 is 2.82 bits per heavy atom. The van der Waals surface area contributed by atoms with E-state index in [-0.39, 0.29) is 24.8 Å². The zero-order valence-electron chi connectivity index (χ0n) is 12.4. The Labute approximate surface area is 129 Å². The number of aliphatic carboxylic acids is 1. The maximum Gasteiger partial charge on any atom is 0.312 e. The molecule has 0 bridgehead atoms. The van der Waals surface area contributed by atoms with Crippen molar-refractivity contribution in [2.75, 3.05) is 31.9 Å². The minimum atomic E-state index is -3.35. The molecule has 8 nitrogen and oxygen atoms in total. The van der Waals surface area contributed by atoms with Crippen LogP contribution in [-0.2, 0) is 21.4 Å². The maximum atomic E-state index is 12.0. The fourth-order valence-electron chi connectivity index (χ4n) is 3.54. The third-order valence-corrected chi connectivity index (χ3v) is 6.56. The van der Waals surface area contributed by atoms with Gasteiger partial charge >= 0.3 is 5.97 Å².